The molecule has 2 aromatic carbocycles. The molecule has 1 heterocycles. The third-order valence-electron chi connectivity index (χ3n) is 6.04. The van der Waals surface area contributed by atoms with Crippen LogP contribution in [0.5, 0.6) is 11.5 Å². The lowest BCUT2D eigenvalue weighted by Crippen LogP contribution is -2.52. The van der Waals surface area contributed by atoms with Gasteiger partial charge in [-0.1, -0.05) is 25.1 Å². The van der Waals surface area contributed by atoms with Crippen LogP contribution in [0.3, 0.4) is 0 Å². The summed E-state index contributed by atoms with van der Waals surface area (Å²) in [6.45, 7) is 4.18. The summed E-state index contributed by atoms with van der Waals surface area (Å²) in [7, 11) is 3.15. The zero-order valence-corrected chi connectivity index (χ0v) is 20.2. The third-order valence-corrected chi connectivity index (χ3v) is 6.04. The van der Waals surface area contributed by atoms with Crippen molar-refractivity contribution in [3.63, 3.8) is 0 Å². The van der Waals surface area contributed by atoms with Crippen molar-refractivity contribution in [2.24, 2.45) is 5.92 Å². The molecule has 3 amide bonds. The highest BCUT2D eigenvalue weighted by atomic mass is 16.5. The lowest BCUT2D eigenvalue weighted by Gasteiger charge is -2.41. The standard InChI is InChI=1S/C26H33N3O5/c1-5-16-27-25(31)17(2)28-26(32)21-14-15-23(30)29(18-10-12-19(33-3)13-11-18)24(21)20-8-6-7-9-22(20)34-4/h6-13,17,21,24H,5,14-16H2,1-4H3,(H,27,31)(H,28,32). The first kappa shape index (κ1) is 25.1. The summed E-state index contributed by atoms with van der Waals surface area (Å²) in [6.07, 6.45) is 1.39. The van der Waals surface area contributed by atoms with Gasteiger partial charge in [-0.3, -0.25) is 14.4 Å². The SMILES string of the molecule is CCCNC(=O)C(C)NC(=O)C1CCC(=O)N(c2ccc(OC)cc2)C1c1ccccc1OC. The number of carbonyl (C=O) groups is 3. The van der Waals surface area contributed by atoms with Crippen molar-refractivity contribution in [1.29, 1.82) is 0 Å². The van der Waals surface area contributed by atoms with Gasteiger partial charge in [0.05, 0.1) is 26.2 Å². The number of piperidine rings is 1. The van der Waals surface area contributed by atoms with E-state index >= 15 is 0 Å². The van der Waals surface area contributed by atoms with E-state index in [0.29, 0.717) is 30.2 Å². The highest BCUT2D eigenvalue weighted by Gasteiger charge is 2.43. The van der Waals surface area contributed by atoms with Crippen molar-refractivity contribution >= 4 is 23.4 Å². The van der Waals surface area contributed by atoms with Gasteiger partial charge in [0.2, 0.25) is 17.7 Å². The monoisotopic (exact) mass is 467 g/mol. The normalized spacial score (nSPS) is 18.7. The van der Waals surface area contributed by atoms with E-state index in [4.69, 9.17) is 9.47 Å². The molecule has 0 spiro atoms. The van der Waals surface area contributed by atoms with Crippen LogP contribution in [-0.4, -0.2) is 44.5 Å². The molecule has 2 aromatic rings. The van der Waals surface area contributed by atoms with Gasteiger partial charge in [-0.25, -0.2) is 0 Å². The fourth-order valence-corrected chi connectivity index (χ4v) is 4.27. The molecule has 0 aromatic heterocycles. The third kappa shape index (κ3) is 5.50. The second-order valence-corrected chi connectivity index (χ2v) is 8.32. The zero-order chi connectivity index (χ0) is 24.7. The fourth-order valence-electron chi connectivity index (χ4n) is 4.27. The molecule has 0 radical (unpaired) electrons. The molecule has 182 valence electrons. The smallest absolute Gasteiger partial charge is 0.242 e. The summed E-state index contributed by atoms with van der Waals surface area (Å²) in [5.41, 5.74) is 1.39. The van der Waals surface area contributed by atoms with Crippen molar-refractivity contribution in [3.05, 3.63) is 54.1 Å². The average Bonchev–Trinajstić information content (AvgIpc) is 2.86. The molecule has 0 saturated carbocycles. The Bertz CT molecular complexity index is 1010. The van der Waals surface area contributed by atoms with Gasteiger partial charge in [0.1, 0.15) is 17.5 Å². The van der Waals surface area contributed by atoms with Gasteiger partial charge in [0.15, 0.2) is 0 Å². The maximum absolute atomic E-state index is 13.5. The summed E-state index contributed by atoms with van der Waals surface area (Å²) in [6, 6.07) is 13.3. The maximum Gasteiger partial charge on any atom is 0.242 e. The van der Waals surface area contributed by atoms with Gasteiger partial charge in [0, 0.05) is 24.2 Å². The molecule has 8 nitrogen and oxygen atoms in total. The highest BCUT2D eigenvalue weighted by Crippen LogP contribution is 2.43. The number of anilines is 1. The van der Waals surface area contributed by atoms with Gasteiger partial charge in [-0.2, -0.15) is 0 Å². The van der Waals surface area contributed by atoms with E-state index in [1.165, 1.54) is 0 Å². The van der Waals surface area contributed by atoms with E-state index in [-0.39, 0.29) is 24.1 Å². The minimum absolute atomic E-state index is 0.0844. The first-order valence-corrected chi connectivity index (χ1v) is 11.6. The summed E-state index contributed by atoms with van der Waals surface area (Å²) in [5.74, 6) is 0.0934. The Morgan fingerprint density at radius 2 is 1.79 bits per heavy atom. The quantitative estimate of drug-likeness (QED) is 0.590. The molecule has 3 rings (SSSR count). The summed E-state index contributed by atoms with van der Waals surface area (Å²) < 4.78 is 10.9. The summed E-state index contributed by atoms with van der Waals surface area (Å²) in [4.78, 5) is 40.7. The van der Waals surface area contributed by atoms with E-state index in [1.54, 1.807) is 50.3 Å². The van der Waals surface area contributed by atoms with Gasteiger partial charge in [-0.15, -0.1) is 0 Å². The van der Waals surface area contributed by atoms with E-state index in [0.717, 1.165) is 12.0 Å². The number of carbonyl (C=O) groups excluding carboxylic acids is 3. The predicted octanol–water partition coefficient (Wildman–Crippen LogP) is 3.22. The number of rotatable bonds is 9. The molecule has 2 N–H and O–H groups in total. The van der Waals surface area contributed by atoms with Crippen molar-refractivity contribution in [2.75, 3.05) is 25.7 Å². The number of nitrogens with one attached hydrogen (secondary N) is 2. The molecule has 1 aliphatic rings. The van der Waals surface area contributed by atoms with Crippen LogP contribution in [0.15, 0.2) is 48.5 Å². The van der Waals surface area contributed by atoms with Crippen LogP contribution in [0.2, 0.25) is 0 Å². The van der Waals surface area contributed by atoms with Gasteiger partial charge >= 0.3 is 0 Å². The number of methoxy groups -OCH3 is 2. The Hall–Kier alpha value is -3.55. The van der Waals surface area contributed by atoms with Crippen molar-refractivity contribution < 1.29 is 23.9 Å². The number of benzene rings is 2. The first-order valence-electron chi connectivity index (χ1n) is 11.6. The minimum atomic E-state index is -0.690. The molecule has 1 aliphatic heterocycles. The lowest BCUT2D eigenvalue weighted by molar-refractivity contribution is -0.133. The molecule has 8 heteroatoms. The average molecular weight is 468 g/mol. The van der Waals surface area contributed by atoms with Crippen LogP contribution in [0.25, 0.3) is 0 Å². The highest BCUT2D eigenvalue weighted by molar-refractivity contribution is 5.98. The molecule has 3 unspecified atom stereocenters. The van der Waals surface area contributed by atoms with Crippen LogP contribution in [0, 0.1) is 5.92 Å². The number of para-hydroxylation sites is 1. The Kier molecular flexibility index (Phi) is 8.51. The van der Waals surface area contributed by atoms with Crippen LogP contribution in [0.4, 0.5) is 5.69 Å². The van der Waals surface area contributed by atoms with Crippen LogP contribution >= 0.6 is 0 Å². The molecule has 3 atom stereocenters. The fraction of sp³-hybridized carbons (Fsp3) is 0.423. The molecule has 1 fully saturated rings. The van der Waals surface area contributed by atoms with Gasteiger partial charge in [-0.05, 0) is 50.1 Å². The summed E-state index contributed by atoms with van der Waals surface area (Å²) >= 11 is 0. The van der Waals surface area contributed by atoms with Crippen molar-refractivity contribution in [3.8, 4) is 11.5 Å². The largest absolute Gasteiger partial charge is 0.497 e. The van der Waals surface area contributed by atoms with E-state index in [2.05, 4.69) is 10.6 Å². The van der Waals surface area contributed by atoms with Crippen LogP contribution < -0.4 is 25.0 Å². The number of ether oxygens (including phenoxy) is 2. The van der Waals surface area contributed by atoms with Gasteiger partial charge in [0.25, 0.3) is 0 Å². The van der Waals surface area contributed by atoms with E-state index in [9.17, 15) is 14.4 Å². The van der Waals surface area contributed by atoms with Crippen LogP contribution in [0.1, 0.15) is 44.7 Å². The summed E-state index contributed by atoms with van der Waals surface area (Å²) in [5, 5.41) is 5.65. The van der Waals surface area contributed by atoms with E-state index < -0.39 is 18.0 Å². The zero-order valence-electron chi connectivity index (χ0n) is 20.2. The first-order chi connectivity index (χ1) is 16.4. The second kappa shape index (κ2) is 11.5. The molecule has 0 aliphatic carbocycles. The Labute approximate surface area is 200 Å². The lowest BCUT2D eigenvalue weighted by atomic mass is 9.82. The molecule has 34 heavy (non-hydrogen) atoms. The molecule has 0 bridgehead atoms. The number of amides is 3. The predicted molar refractivity (Wildman–Crippen MR) is 130 cm³/mol. The second-order valence-electron chi connectivity index (χ2n) is 8.32. The van der Waals surface area contributed by atoms with Crippen molar-refractivity contribution in [1.82, 2.24) is 10.6 Å². The maximum atomic E-state index is 13.5. The molecular formula is C26H33N3O5. The topological polar surface area (TPSA) is 97.0 Å². The Morgan fingerprint density at radius 1 is 1.09 bits per heavy atom. The van der Waals surface area contributed by atoms with Crippen LogP contribution in [-0.2, 0) is 14.4 Å². The van der Waals surface area contributed by atoms with Crippen molar-refractivity contribution in [2.45, 2.75) is 45.2 Å². The van der Waals surface area contributed by atoms with Gasteiger partial charge < -0.3 is 25.0 Å². The molecular weight excluding hydrogens is 434 g/mol. The number of hydrogen-bond acceptors (Lipinski definition) is 5. The minimum Gasteiger partial charge on any atom is -0.497 e. The molecule has 1 saturated heterocycles. The Balaban J connectivity index is 1.99. The van der Waals surface area contributed by atoms with E-state index in [1.807, 2.05) is 31.2 Å². The number of nitrogens with zero attached hydrogens (tertiary/aromatic N) is 1. The number of hydrogen-bond donors (Lipinski definition) is 2. The Morgan fingerprint density at radius 3 is 2.44 bits per heavy atom.